The number of hydrogen-bond donors (Lipinski definition) is 1. The second kappa shape index (κ2) is 5.70. The average Bonchev–Trinajstić information content (AvgIpc) is 3.02. The number of rotatable bonds is 3. The first kappa shape index (κ1) is 13.2. The van der Waals surface area contributed by atoms with Crippen molar-refractivity contribution in [2.45, 2.75) is 38.0 Å². The van der Waals surface area contributed by atoms with Crippen LogP contribution in [0.5, 0.6) is 0 Å². The molecule has 1 aromatic rings. The Morgan fingerprint density at radius 3 is 2.60 bits per heavy atom. The molecule has 0 spiro atoms. The lowest BCUT2D eigenvalue weighted by Gasteiger charge is -2.29. The molecule has 2 aliphatic rings. The number of nitrogens with two attached hydrogens (primary N) is 1. The predicted octanol–water partition coefficient (Wildman–Crippen LogP) is 3.03. The molecule has 1 unspecified atom stereocenters. The third kappa shape index (κ3) is 2.58. The summed E-state index contributed by atoms with van der Waals surface area (Å²) in [5.41, 5.74) is 8.81. The highest BCUT2D eigenvalue weighted by Crippen LogP contribution is 2.35. The molecule has 1 amide bonds. The van der Waals surface area contributed by atoms with E-state index in [1.54, 1.807) is 0 Å². The average molecular weight is 270 g/mol. The number of primary amides is 1. The summed E-state index contributed by atoms with van der Waals surface area (Å²) in [6.45, 7) is 2.43. The molecule has 3 heteroatoms. The van der Waals surface area contributed by atoms with Gasteiger partial charge in [0.2, 0.25) is 5.91 Å². The van der Waals surface area contributed by atoms with Gasteiger partial charge in [0.1, 0.15) is 0 Å². The Morgan fingerprint density at radius 2 is 1.95 bits per heavy atom. The lowest BCUT2D eigenvalue weighted by molar-refractivity contribution is 0.0999. The molecule has 0 bridgehead atoms. The van der Waals surface area contributed by atoms with Crippen LogP contribution >= 0.6 is 0 Å². The molecule has 1 atom stereocenters. The van der Waals surface area contributed by atoms with Gasteiger partial charge in [0.25, 0.3) is 0 Å². The summed E-state index contributed by atoms with van der Waals surface area (Å²) in [6.07, 6.45) is 8.29. The number of carbonyl (C=O) groups is 1. The van der Waals surface area contributed by atoms with Crippen LogP contribution < -0.4 is 5.73 Å². The van der Waals surface area contributed by atoms with E-state index in [-0.39, 0.29) is 5.91 Å². The van der Waals surface area contributed by atoms with Crippen molar-refractivity contribution in [3.05, 3.63) is 47.2 Å². The molecule has 3 nitrogen and oxygen atoms in total. The van der Waals surface area contributed by atoms with Gasteiger partial charge in [-0.1, -0.05) is 24.3 Å². The summed E-state index contributed by atoms with van der Waals surface area (Å²) in [5.74, 6) is 0.125. The van der Waals surface area contributed by atoms with Gasteiger partial charge >= 0.3 is 0 Å². The monoisotopic (exact) mass is 270 g/mol. The zero-order chi connectivity index (χ0) is 13.9. The topological polar surface area (TPSA) is 46.3 Å². The van der Waals surface area contributed by atoms with E-state index in [1.807, 2.05) is 18.2 Å². The molecule has 3 rings (SSSR count). The van der Waals surface area contributed by atoms with Crippen molar-refractivity contribution in [3.8, 4) is 0 Å². The summed E-state index contributed by atoms with van der Waals surface area (Å²) in [4.78, 5) is 14.1. The Bertz CT molecular complexity index is 530. The van der Waals surface area contributed by atoms with Crippen molar-refractivity contribution in [1.82, 2.24) is 4.90 Å². The van der Waals surface area contributed by atoms with E-state index in [4.69, 9.17) is 5.73 Å². The largest absolute Gasteiger partial charge is 0.375 e. The van der Waals surface area contributed by atoms with Gasteiger partial charge in [-0.05, 0) is 49.7 Å². The first-order valence-corrected chi connectivity index (χ1v) is 7.58. The van der Waals surface area contributed by atoms with Crippen LogP contribution in [0.15, 0.2) is 36.0 Å². The fraction of sp³-hybridized carbons (Fsp3) is 0.471. The van der Waals surface area contributed by atoms with Crippen molar-refractivity contribution in [2.24, 2.45) is 5.73 Å². The zero-order valence-corrected chi connectivity index (χ0v) is 11.8. The van der Waals surface area contributed by atoms with Crippen molar-refractivity contribution < 1.29 is 4.79 Å². The van der Waals surface area contributed by atoms with Crippen LogP contribution in [0.25, 0.3) is 0 Å². The number of nitrogens with zero attached hydrogens (tertiary/aromatic N) is 1. The number of carbonyl (C=O) groups excluding carboxylic acids is 1. The fourth-order valence-electron chi connectivity index (χ4n) is 3.47. The smallest absolute Gasteiger partial charge is 0.248 e. The Morgan fingerprint density at radius 1 is 1.20 bits per heavy atom. The van der Waals surface area contributed by atoms with Gasteiger partial charge in [0.05, 0.1) is 0 Å². The minimum absolute atomic E-state index is 0.310. The standard InChI is InChI=1S/C17H22N2O/c18-17(20)16-6-2-1-5-15(16)13-7-9-14(10-8-13)19-11-3-4-12-19/h1-2,5-6,9,13H,3-4,7-8,10-12H2,(H2,18,20). The fourth-order valence-corrected chi connectivity index (χ4v) is 3.47. The minimum atomic E-state index is -0.310. The maximum absolute atomic E-state index is 11.5. The van der Waals surface area contributed by atoms with E-state index in [1.165, 1.54) is 31.6 Å². The lowest BCUT2D eigenvalue weighted by atomic mass is 9.84. The Balaban J connectivity index is 1.76. The number of likely N-dealkylation sites (tertiary alicyclic amines) is 1. The maximum atomic E-state index is 11.5. The van der Waals surface area contributed by atoms with E-state index in [0.717, 1.165) is 24.8 Å². The van der Waals surface area contributed by atoms with E-state index < -0.39 is 0 Å². The van der Waals surface area contributed by atoms with E-state index in [2.05, 4.69) is 17.0 Å². The molecule has 1 fully saturated rings. The molecule has 1 aliphatic heterocycles. The molecule has 1 aromatic carbocycles. The third-order valence-corrected chi connectivity index (χ3v) is 4.57. The molecule has 0 saturated carbocycles. The first-order valence-electron chi connectivity index (χ1n) is 7.58. The van der Waals surface area contributed by atoms with Gasteiger partial charge in [-0.25, -0.2) is 0 Å². The lowest BCUT2D eigenvalue weighted by Crippen LogP contribution is -2.22. The molecular weight excluding hydrogens is 248 g/mol. The summed E-state index contributed by atoms with van der Waals surface area (Å²) in [6, 6.07) is 7.79. The Labute approximate surface area is 120 Å². The molecule has 0 aromatic heterocycles. The number of allylic oxidation sites excluding steroid dienone is 2. The van der Waals surface area contributed by atoms with Gasteiger partial charge in [-0.15, -0.1) is 0 Å². The third-order valence-electron chi connectivity index (χ3n) is 4.57. The van der Waals surface area contributed by atoms with Crippen LogP contribution in [-0.4, -0.2) is 23.9 Å². The van der Waals surface area contributed by atoms with Crippen LogP contribution in [0.4, 0.5) is 0 Å². The van der Waals surface area contributed by atoms with E-state index in [9.17, 15) is 4.79 Å². The molecule has 1 saturated heterocycles. The second-order valence-electron chi connectivity index (χ2n) is 5.81. The van der Waals surface area contributed by atoms with Gasteiger partial charge in [-0.3, -0.25) is 4.79 Å². The normalized spacial score (nSPS) is 22.7. The highest BCUT2D eigenvalue weighted by atomic mass is 16.1. The quantitative estimate of drug-likeness (QED) is 0.917. The van der Waals surface area contributed by atoms with E-state index >= 15 is 0 Å². The van der Waals surface area contributed by atoms with Crippen LogP contribution in [0.2, 0.25) is 0 Å². The first-order chi connectivity index (χ1) is 9.75. The Hall–Kier alpha value is -1.77. The van der Waals surface area contributed by atoms with Gasteiger partial charge in [0, 0.05) is 24.4 Å². The number of amides is 1. The maximum Gasteiger partial charge on any atom is 0.248 e. The van der Waals surface area contributed by atoms with Gasteiger partial charge in [-0.2, -0.15) is 0 Å². The molecule has 20 heavy (non-hydrogen) atoms. The number of benzene rings is 1. The molecule has 2 N–H and O–H groups in total. The molecule has 1 aliphatic carbocycles. The van der Waals surface area contributed by atoms with Crippen molar-refractivity contribution in [3.63, 3.8) is 0 Å². The molecular formula is C17H22N2O. The highest BCUT2D eigenvalue weighted by molar-refractivity contribution is 5.94. The van der Waals surface area contributed by atoms with Crippen LogP contribution in [0.3, 0.4) is 0 Å². The summed E-state index contributed by atoms with van der Waals surface area (Å²) in [5, 5.41) is 0. The van der Waals surface area contributed by atoms with Gasteiger partial charge in [0.15, 0.2) is 0 Å². The predicted molar refractivity (Wildman–Crippen MR) is 80.4 cm³/mol. The van der Waals surface area contributed by atoms with Crippen LogP contribution in [0.1, 0.15) is 53.9 Å². The van der Waals surface area contributed by atoms with Crippen LogP contribution in [-0.2, 0) is 0 Å². The molecule has 0 radical (unpaired) electrons. The van der Waals surface area contributed by atoms with E-state index in [0.29, 0.717) is 11.5 Å². The minimum Gasteiger partial charge on any atom is -0.375 e. The zero-order valence-electron chi connectivity index (χ0n) is 11.8. The number of hydrogen-bond acceptors (Lipinski definition) is 2. The summed E-state index contributed by atoms with van der Waals surface area (Å²) in [7, 11) is 0. The van der Waals surface area contributed by atoms with Crippen molar-refractivity contribution in [2.75, 3.05) is 13.1 Å². The molecule has 106 valence electrons. The van der Waals surface area contributed by atoms with Gasteiger partial charge < -0.3 is 10.6 Å². The molecule has 1 heterocycles. The van der Waals surface area contributed by atoms with Crippen molar-refractivity contribution in [1.29, 1.82) is 0 Å². The van der Waals surface area contributed by atoms with Crippen LogP contribution in [0, 0.1) is 0 Å². The SMILES string of the molecule is NC(=O)c1ccccc1C1CC=C(N2CCCC2)CC1. The summed E-state index contributed by atoms with van der Waals surface area (Å²) < 4.78 is 0. The second-order valence-corrected chi connectivity index (χ2v) is 5.81. The summed E-state index contributed by atoms with van der Waals surface area (Å²) >= 11 is 0. The Kier molecular flexibility index (Phi) is 3.77. The highest BCUT2D eigenvalue weighted by Gasteiger charge is 2.23. The van der Waals surface area contributed by atoms with Crippen molar-refractivity contribution >= 4 is 5.91 Å².